The Morgan fingerprint density at radius 3 is 2.44 bits per heavy atom. The zero-order chi connectivity index (χ0) is 25.5. The third kappa shape index (κ3) is 6.76. The van der Waals surface area contributed by atoms with E-state index in [-0.39, 0.29) is 24.8 Å². The highest BCUT2D eigenvalue weighted by Gasteiger charge is 2.09. The molecule has 36 heavy (non-hydrogen) atoms. The Morgan fingerprint density at radius 2 is 1.64 bits per heavy atom. The number of fused-ring (bicyclic) bond motifs is 1. The monoisotopic (exact) mass is 539 g/mol. The molecule has 0 saturated carbocycles. The molecule has 0 aliphatic rings. The summed E-state index contributed by atoms with van der Waals surface area (Å²) in [6.07, 6.45) is 1.68. The van der Waals surface area contributed by atoms with Crippen LogP contribution in [0.5, 0.6) is 5.75 Å². The summed E-state index contributed by atoms with van der Waals surface area (Å²) in [5.41, 5.74) is 4.61. The summed E-state index contributed by atoms with van der Waals surface area (Å²) in [6.45, 7) is -0.252. The van der Waals surface area contributed by atoms with Crippen LogP contribution in [0.4, 0.5) is 5.69 Å². The van der Waals surface area contributed by atoms with Gasteiger partial charge in [0.1, 0.15) is 5.75 Å². The molecule has 0 heterocycles. The number of amides is 2. The highest BCUT2D eigenvalue weighted by atomic mass is 35.5. The van der Waals surface area contributed by atoms with Crippen LogP contribution in [0.25, 0.3) is 10.8 Å². The second kappa shape index (κ2) is 11.9. The lowest BCUT2D eigenvalue weighted by molar-refractivity contribution is -0.120. The summed E-state index contributed by atoms with van der Waals surface area (Å²) in [7, 11) is 0. The van der Waals surface area contributed by atoms with Crippen molar-refractivity contribution in [3.63, 3.8) is 0 Å². The molecule has 0 unspecified atom stereocenters. The van der Waals surface area contributed by atoms with Gasteiger partial charge in [-0.3, -0.25) is 9.59 Å². The number of nitrogens with one attached hydrogen (secondary N) is 2. The lowest BCUT2D eigenvalue weighted by Crippen LogP contribution is -2.20. The van der Waals surface area contributed by atoms with Crippen molar-refractivity contribution >= 4 is 69.3 Å². The molecule has 0 aliphatic carbocycles. The molecule has 4 aromatic carbocycles. The third-order valence-corrected chi connectivity index (χ3v) is 6.19. The molecule has 0 aliphatic heterocycles. The molecule has 0 saturated heterocycles. The smallest absolute Gasteiger partial charge is 0.262 e. The average molecular weight is 541 g/mol. The zero-order valence-corrected chi connectivity index (χ0v) is 21.1. The molecule has 0 spiro atoms. The van der Waals surface area contributed by atoms with Crippen LogP contribution in [0, 0.1) is 0 Å². The number of hydrogen-bond acceptors (Lipinski definition) is 4. The van der Waals surface area contributed by atoms with Crippen LogP contribution in [-0.2, 0) is 16.0 Å². The number of nitrogens with zero attached hydrogens (tertiary/aromatic N) is 1. The lowest BCUT2D eigenvalue weighted by atomic mass is 10.0. The van der Waals surface area contributed by atoms with Crippen LogP contribution >= 0.6 is 34.8 Å². The van der Waals surface area contributed by atoms with Gasteiger partial charge < -0.3 is 10.1 Å². The van der Waals surface area contributed by atoms with Crippen molar-refractivity contribution in [3.05, 3.63) is 105 Å². The second-order valence-corrected chi connectivity index (χ2v) is 8.99. The molecular weight excluding hydrogens is 521 g/mol. The van der Waals surface area contributed by atoms with E-state index in [0.717, 1.165) is 16.3 Å². The summed E-state index contributed by atoms with van der Waals surface area (Å²) < 4.78 is 5.51. The maximum atomic E-state index is 12.4. The number of ether oxygens (including phenoxy) is 1. The molecule has 6 nitrogen and oxygen atoms in total. The van der Waals surface area contributed by atoms with Crippen LogP contribution in [0.2, 0.25) is 15.1 Å². The van der Waals surface area contributed by atoms with Crippen LogP contribution in [0.15, 0.2) is 84.0 Å². The molecule has 2 N–H and O–H groups in total. The summed E-state index contributed by atoms with van der Waals surface area (Å²) in [5, 5.41) is 9.82. The van der Waals surface area contributed by atoms with E-state index in [1.54, 1.807) is 36.4 Å². The summed E-state index contributed by atoms with van der Waals surface area (Å²) in [6, 6.07) is 23.5. The van der Waals surface area contributed by atoms with Crippen LogP contribution in [0.1, 0.15) is 11.1 Å². The van der Waals surface area contributed by atoms with Crippen molar-refractivity contribution in [1.29, 1.82) is 0 Å². The van der Waals surface area contributed by atoms with E-state index in [2.05, 4.69) is 15.8 Å². The Balaban J connectivity index is 1.29. The molecule has 2 amide bonds. The summed E-state index contributed by atoms with van der Waals surface area (Å²) in [4.78, 5) is 24.5. The maximum Gasteiger partial charge on any atom is 0.262 e. The fraction of sp³-hybridized carbons (Fsp3) is 0.0741. The summed E-state index contributed by atoms with van der Waals surface area (Å²) >= 11 is 18.1. The normalized spacial score (nSPS) is 11.0. The van der Waals surface area contributed by atoms with Gasteiger partial charge in [-0.05, 0) is 58.3 Å². The van der Waals surface area contributed by atoms with E-state index in [1.165, 1.54) is 6.21 Å². The van der Waals surface area contributed by atoms with Crippen LogP contribution in [0.3, 0.4) is 0 Å². The highest BCUT2D eigenvalue weighted by Crippen LogP contribution is 2.26. The molecule has 0 aromatic heterocycles. The third-order valence-electron chi connectivity index (χ3n) is 5.15. The highest BCUT2D eigenvalue weighted by molar-refractivity contribution is 6.42. The van der Waals surface area contributed by atoms with Gasteiger partial charge >= 0.3 is 0 Å². The van der Waals surface area contributed by atoms with Crippen molar-refractivity contribution in [2.24, 2.45) is 5.10 Å². The van der Waals surface area contributed by atoms with Crippen LogP contribution in [-0.4, -0.2) is 24.6 Å². The first-order chi connectivity index (χ1) is 17.4. The molecule has 182 valence electrons. The quantitative estimate of drug-likeness (QED) is 0.197. The topological polar surface area (TPSA) is 79.8 Å². The van der Waals surface area contributed by atoms with Gasteiger partial charge in [-0.2, -0.15) is 5.10 Å². The largest absolute Gasteiger partial charge is 0.482 e. The number of hydrogen-bond donors (Lipinski definition) is 2. The number of anilines is 1. The predicted octanol–water partition coefficient (Wildman–Crippen LogP) is 6.51. The lowest BCUT2D eigenvalue weighted by Gasteiger charge is -2.10. The van der Waals surface area contributed by atoms with Gasteiger partial charge in [0.05, 0.1) is 27.7 Å². The first kappa shape index (κ1) is 25.5. The molecular formula is C27H20Cl3N3O3. The van der Waals surface area contributed by atoms with Crippen LogP contribution < -0.4 is 15.5 Å². The van der Waals surface area contributed by atoms with E-state index in [1.807, 2.05) is 42.5 Å². The number of carbonyl (C=O) groups excluding carboxylic acids is 2. The second-order valence-electron chi connectivity index (χ2n) is 7.76. The maximum absolute atomic E-state index is 12.4. The Bertz CT molecular complexity index is 1450. The Hall–Kier alpha value is -3.58. The van der Waals surface area contributed by atoms with Crippen molar-refractivity contribution in [3.8, 4) is 5.75 Å². The van der Waals surface area contributed by atoms with Gasteiger partial charge in [-0.15, -0.1) is 0 Å². The van der Waals surface area contributed by atoms with E-state index < -0.39 is 0 Å². The Kier molecular flexibility index (Phi) is 8.44. The zero-order valence-electron chi connectivity index (χ0n) is 18.8. The number of rotatable bonds is 8. The average Bonchev–Trinajstić information content (AvgIpc) is 2.86. The van der Waals surface area contributed by atoms with Gasteiger partial charge in [-0.1, -0.05) is 77.3 Å². The van der Waals surface area contributed by atoms with Gasteiger partial charge in [0.15, 0.2) is 6.61 Å². The van der Waals surface area contributed by atoms with E-state index >= 15 is 0 Å². The van der Waals surface area contributed by atoms with E-state index in [9.17, 15) is 9.59 Å². The first-order valence-corrected chi connectivity index (χ1v) is 12.0. The number of hydrazone groups is 1. The standard InChI is InChI=1S/C27H20Cl3N3O3/c28-22-10-9-20(14-23(22)29)32-27(35)16-36-25-11-8-17(12-24(25)30)15-31-33-26(34)13-19-6-3-5-18-4-1-2-7-21(18)19/h1-12,14-15H,13,16H2,(H,32,35)(H,33,34)/b31-15+. The van der Waals surface area contributed by atoms with Crippen molar-refractivity contribution in [2.75, 3.05) is 11.9 Å². The molecule has 4 rings (SSSR count). The number of halogens is 3. The van der Waals surface area contributed by atoms with Gasteiger partial charge in [0.2, 0.25) is 5.91 Å². The van der Waals surface area contributed by atoms with Crippen molar-refractivity contribution < 1.29 is 14.3 Å². The minimum atomic E-state index is -0.385. The summed E-state index contributed by atoms with van der Waals surface area (Å²) in [5.74, 6) is -0.288. The molecule has 4 aromatic rings. The number of benzene rings is 4. The van der Waals surface area contributed by atoms with Gasteiger partial charge in [0.25, 0.3) is 5.91 Å². The van der Waals surface area contributed by atoms with Gasteiger partial charge in [0, 0.05) is 5.69 Å². The predicted molar refractivity (Wildman–Crippen MR) is 145 cm³/mol. The van der Waals surface area contributed by atoms with E-state index in [0.29, 0.717) is 32.1 Å². The molecule has 9 heteroatoms. The Morgan fingerprint density at radius 1 is 0.833 bits per heavy atom. The van der Waals surface area contributed by atoms with Crippen molar-refractivity contribution in [2.45, 2.75) is 6.42 Å². The minimum absolute atomic E-state index is 0.205. The molecule has 0 bridgehead atoms. The van der Waals surface area contributed by atoms with Crippen molar-refractivity contribution in [1.82, 2.24) is 5.43 Å². The molecule has 0 atom stereocenters. The van der Waals surface area contributed by atoms with E-state index in [4.69, 9.17) is 39.5 Å². The fourth-order valence-electron chi connectivity index (χ4n) is 3.47. The molecule has 0 radical (unpaired) electrons. The fourth-order valence-corrected chi connectivity index (χ4v) is 4.01. The first-order valence-electron chi connectivity index (χ1n) is 10.8. The Labute approximate surface area is 222 Å². The number of carbonyl (C=O) groups is 2. The SMILES string of the molecule is O=C(Cc1cccc2ccccc12)N/N=C/c1ccc(OCC(=O)Nc2ccc(Cl)c(Cl)c2)c(Cl)c1. The minimum Gasteiger partial charge on any atom is -0.482 e. The van der Waals surface area contributed by atoms with Gasteiger partial charge in [-0.25, -0.2) is 5.43 Å². The molecule has 0 fully saturated rings.